The molecule has 0 aromatic heterocycles. The highest BCUT2D eigenvalue weighted by atomic mass is 79.9. The summed E-state index contributed by atoms with van der Waals surface area (Å²) < 4.78 is 19.4. The maximum Gasteiger partial charge on any atom is 0.123 e. The van der Waals surface area contributed by atoms with Gasteiger partial charge in [-0.3, -0.25) is 0 Å². The van der Waals surface area contributed by atoms with Crippen molar-refractivity contribution in [1.29, 1.82) is 0 Å². The van der Waals surface area contributed by atoms with Crippen LogP contribution in [0.15, 0.2) is 46.9 Å². The predicted octanol–water partition coefficient (Wildman–Crippen LogP) is 3.84. The van der Waals surface area contributed by atoms with Crippen LogP contribution in [0.25, 0.3) is 0 Å². The van der Waals surface area contributed by atoms with E-state index in [-0.39, 0.29) is 11.9 Å². The van der Waals surface area contributed by atoms with Crippen molar-refractivity contribution < 1.29 is 9.13 Å². The first-order valence-corrected chi connectivity index (χ1v) is 6.73. The molecule has 0 bridgehead atoms. The molecule has 0 spiro atoms. The van der Waals surface area contributed by atoms with Gasteiger partial charge in [0.2, 0.25) is 0 Å². The van der Waals surface area contributed by atoms with Crippen LogP contribution >= 0.6 is 15.9 Å². The summed E-state index contributed by atoms with van der Waals surface area (Å²) in [6, 6.07) is 12.0. The van der Waals surface area contributed by atoms with Crippen LogP contribution in [-0.4, -0.2) is 7.11 Å². The fourth-order valence-electron chi connectivity index (χ4n) is 2.02. The highest BCUT2D eigenvalue weighted by Gasteiger charge is 2.14. The summed E-state index contributed by atoms with van der Waals surface area (Å²) in [6.45, 7) is 0. The number of hydrogen-bond acceptors (Lipinski definition) is 2. The molecule has 0 aliphatic heterocycles. The molecule has 4 heteroatoms. The van der Waals surface area contributed by atoms with Crippen molar-refractivity contribution in [1.82, 2.24) is 0 Å². The summed E-state index contributed by atoms with van der Waals surface area (Å²) in [5.74, 6) is 0.513. The average Bonchev–Trinajstić information content (AvgIpc) is 2.42. The lowest BCUT2D eigenvalue weighted by molar-refractivity contribution is 0.408. The second kappa shape index (κ2) is 6.17. The van der Waals surface area contributed by atoms with E-state index in [4.69, 9.17) is 10.5 Å². The Hall–Kier alpha value is -1.39. The Bertz CT molecular complexity index is 574. The third-order valence-electron chi connectivity index (χ3n) is 2.99. The number of halogens is 2. The zero-order chi connectivity index (χ0) is 13.8. The summed E-state index contributed by atoms with van der Waals surface area (Å²) in [5.41, 5.74) is 7.93. The van der Waals surface area contributed by atoms with Crippen LogP contribution in [0.1, 0.15) is 17.2 Å². The van der Waals surface area contributed by atoms with Gasteiger partial charge in [0, 0.05) is 10.5 Å². The minimum absolute atomic E-state index is 0.284. The standard InChI is InChI=1S/C15H15BrFNO/c1-19-15-5-3-2-4-10(15)8-14(18)12-9-11(17)6-7-13(12)16/h2-7,9,14H,8,18H2,1H3. The van der Waals surface area contributed by atoms with Crippen molar-refractivity contribution >= 4 is 15.9 Å². The van der Waals surface area contributed by atoms with Crippen molar-refractivity contribution in [2.24, 2.45) is 5.73 Å². The molecule has 100 valence electrons. The quantitative estimate of drug-likeness (QED) is 0.927. The minimum Gasteiger partial charge on any atom is -0.496 e. The first-order chi connectivity index (χ1) is 9.11. The zero-order valence-corrected chi connectivity index (χ0v) is 12.2. The summed E-state index contributed by atoms with van der Waals surface area (Å²) in [5, 5.41) is 0. The average molecular weight is 324 g/mol. The van der Waals surface area contributed by atoms with Crippen LogP contribution in [0.3, 0.4) is 0 Å². The number of rotatable bonds is 4. The molecule has 0 aliphatic carbocycles. The van der Waals surface area contributed by atoms with Crippen molar-refractivity contribution in [3.05, 3.63) is 63.9 Å². The molecule has 1 atom stereocenters. The topological polar surface area (TPSA) is 35.2 Å². The van der Waals surface area contributed by atoms with Gasteiger partial charge in [-0.1, -0.05) is 34.1 Å². The third kappa shape index (κ3) is 3.33. The van der Waals surface area contributed by atoms with E-state index in [9.17, 15) is 4.39 Å². The van der Waals surface area contributed by atoms with Crippen LogP contribution in [-0.2, 0) is 6.42 Å². The molecule has 2 aromatic carbocycles. The number of methoxy groups -OCH3 is 1. The maximum atomic E-state index is 13.3. The lowest BCUT2D eigenvalue weighted by Gasteiger charge is -2.16. The van der Waals surface area contributed by atoms with Gasteiger partial charge in [-0.25, -0.2) is 4.39 Å². The van der Waals surface area contributed by atoms with Crippen molar-refractivity contribution in [2.45, 2.75) is 12.5 Å². The number of hydrogen-bond donors (Lipinski definition) is 1. The summed E-state index contributed by atoms with van der Waals surface area (Å²) >= 11 is 3.40. The normalized spacial score (nSPS) is 12.2. The third-order valence-corrected chi connectivity index (χ3v) is 3.71. The zero-order valence-electron chi connectivity index (χ0n) is 10.6. The second-order valence-corrected chi connectivity index (χ2v) is 5.14. The molecule has 0 saturated heterocycles. The van der Waals surface area contributed by atoms with E-state index in [0.29, 0.717) is 6.42 Å². The van der Waals surface area contributed by atoms with Crippen LogP contribution in [0.2, 0.25) is 0 Å². The second-order valence-electron chi connectivity index (χ2n) is 4.29. The summed E-state index contributed by atoms with van der Waals surface area (Å²) in [7, 11) is 1.63. The van der Waals surface area contributed by atoms with Gasteiger partial charge in [-0.15, -0.1) is 0 Å². The molecule has 2 nitrogen and oxygen atoms in total. The monoisotopic (exact) mass is 323 g/mol. The molecule has 0 amide bonds. The molecule has 2 N–H and O–H groups in total. The molecule has 19 heavy (non-hydrogen) atoms. The van der Waals surface area contributed by atoms with Gasteiger partial charge in [0.1, 0.15) is 11.6 Å². The van der Waals surface area contributed by atoms with E-state index in [1.54, 1.807) is 13.2 Å². The smallest absolute Gasteiger partial charge is 0.123 e. The number of ether oxygens (including phenoxy) is 1. The van der Waals surface area contributed by atoms with Gasteiger partial charge in [-0.2, -0.15) is 0 Å². The largest absolute Gasteiger partial charge is 0.496 e. The van der Waals surface area contributed by atoms with E-state index < -0.39 is 0 Å². The maximum absolute atomic E-state index is 13.3. The molecular formula is C15H15BrFNO. The molecule has 0 aliphatic rings. The highest BCUT2D eigenvalue weighted by molar-refractivity contribution is 9.10. The summed E-state index contributed by atoms with van der Waals surface area (Å²) in [4.78, 5) is 0. The van der Waals surface area contributed by atoms with Crippen molar-refractivity contribution in [3.8, 4) is 5.75 Å². The lowest BCUT2D eigenvalue weighted by atomic mass is 9.99. The minimum atomic E-state index is -0.290. The van der Waals surface area contributed by atoms with Crippen molar-refractivity contribution in [3.63, 3.8) is 0 Å². The Morgan fingerprint density at radius 3 is 2.74 bits per heavy atom. The number of nitrogens with two attached hydrogens (primary N) is 1. The van der Waals surface area contributed by atoms with E-state index >= 15 is 0 Å². The van der Waals surface area contributed by atoms with Gasteiger partial charge in [0.15, 0.2) is 0 Å². The Labute approximate surface area is 120 Å². The van der Waals surface area contributed by atoms with Gasteiger partial charge < -0.3 is 10.5 Å². The van der Waals surface area contributed by atoms with Crippen molar-refractivity contribution in [2.75, 3.05) is 7.11 Å². The number of para-hydroxylation sites is 1. The van der Waals surface area contributed by atoms with E-state index in [1.165, 1.54) is 12.1 Å². The molecule has 0 fully saturated rings. The molecule has 0 heterocycles. The van der Waals surface area contributed by atoms with Crippen LogP contribution in [0, 0.1) is 5.82 Å². The molecule has 0 saturated carbocycles. The van der Waals surface area contributed by atoms with E-state index in [0.717, 1.165) is 21.3 Å². The Kier molecular flexibility index (Phi) is 4.56. The fourth-order valence-corrected chi connectivity index (χ4v) is 2.56. The SMILES string of the molecule is COc1ccccc1CC(N)c1cc(F)ccc1Br. The molecule has 2 rings (SSSR count). The van der Waals surface area contributed by atoms with Gasteiger partial charge in [-0.05, 0) is 41.8 Å². The molecule has 0 radical (unpaired) electrons. The molecule has 2 aromatic rings. The Morgan fingerprint density at radius 2 is 2.00 bits per heavy atom. The van der Waals surface area contributed by atoms with E-state index in [1.807, 2.05) is 24.3 Å². The van der Waals surface area contributed by atoms with Crippen LogP contribution < -0.4 is 10.5 Å². The number of benzene rings is 2. The Balaban J connectivity index is 2.25. The van der Waals surface area contributed by atoms with Crippen LogP contribution in [0.5, 0.6) is 5.75 Å². The first kappa shape index (κ1) is 14.0. The lowest BCUT2D eigenvalue weighted by Crippen LogP contribution is -2.14. The Morgan fingerprint density at radius 1 is 1.26 bits per heavy atom. The fraction of sp³-hybridized carbons (Fsp3) is 0.200. The van der Waals surface area contributed by atoms with E-state index in [2.05, 4.69) is 15.9 Å². The molecular weight excluding hydrogens is 309 g/mol. The highest BCUT2D eigenvalue weighted by Crippen LogP contribution is 2.28. The first-order valence-electron chi connectivity index (χ1n) is 5.94. The predicted molar refractivity (Wildman–Crippen MR) is 77.7 cm³/mol. The summed E-state index contributed by atoms with van der Waals surface area (Å²) in [6.07, 6.45) is 0.589. The van der Waals surface area contributed by atoms with Crippen LogP contribution in [0.4, 0.5) is 4.39 Å². The van der Waals surface area contributed by atoms with Gasteiger partial charge in [0.25, 0.3) is 0 Å². The van der Waals surface area contributed by atoms with Gasteiger partial charge in [0.05, 0.1) is 7.11 Å². The molecule has 1 unspecified atom stereocenters. The van der Waals surface area contributed by atoms with Gasteiger partial charge >= 0.3 is 0 Å².